The van der Waals surface area contributed by atoms with E-state index in [2.05, 4.69) is 5.32 Å². The Labute approximate surface area is 166 Å². The predicted octanol–water partition coefficient (Wildman–Crippen LogP) is 4.24. The number of hydrogen-bond donors (Lipinski definition) is 1. The third-order valence-corrected chi connectivity index (χ3v) is 3.71. The van der Waals surface area contributed by atoms with E-state index in [0.717, 1.165) is 24.3 Å². The van der Waals surface area contributed by atoms with Crippen molar-refractivity contribution in [2.75, 3.05) is 18.6 Å². The van der Waals surface area contributed by atoms with Crippen LogP contribution in [0.5, 0.6) is 11.5 Å². The zero-order valence-corrected chi connectivity index (χ0v) is 16.1. The molecule has 6 nitrogen and oxygen atoms in total. The highest BCUT2D eigenvalue weighted by atomic mass is 19.4. The number of ether oxygens (including phenoxy) is 2. The van der Waals surface area contributed by atoms with Crippen LogP contribution in [0.25, 0.3) is 0 Å². The van der Waals surface area contributed by atoms with Gasteiger partial charge in [-0.15, -0.1) is 0 Å². The van der Waals surface area contributed by atoms with E-state index in [1.165, 1.54) is 17.0 Å². The number of anilines is 1. The Morgan fingerprint density at radius 1 is 1.00 bits per heavy atom. The van der Waals surface area contributed by atoms with Crippen molar-refractivity contribution in [1.82, 2.24) is 5.32 Å². The van der Waals surface area contributed by atoms with Gasteiger partial charge in [-0.2, -0.15) is 13.2 Å². The first-order valence-corrected chi connectivity index (χ1v) is 8.71. The maximum absolute atomic E-state index is 12.5. The highest BCUT2D eigenvalue weighted by Gasteiger charge is 2.30. The Kier molecular flexibility index (Phi) is 7.08. The minimum absolute atomic E-state index is 0.00477. The summed E-state index contributed by atoms with van der Waals surface area (Å²) in [7, 11) is 1.61. The molecule has 0 aliphatic rings. The molecule has 2 rings (SSSR count). The predicted molar refractivity (Wildman–Crippen MR) is 101 cm³/mol. The fourth-order valence-electron chi connectivity index (χ4n) is 2.24. The lowest BCUT2D eigenvalue weighted by Gasteiger charge is -2.20. The molecule has 0 atom stereocenters. The number of benzene rings is 2. The van der Waals surface area contributed by atoms with E-state index < -0.39 is 24.3 Å². The van der Waals surface area contributed by atoms with Crippen molar-refractivity contribution in [3.05, 3.63) is 54.1 Å². The third kappa shape index (κ3) is 6.70. The quantitative estimate of drug-likeness (QED) is 0.571. The van der Waals surface area contributed by atoms with Gasteiger partial charge in [-0.05, 0) is 62.4 Å². The Morgan fingerprint density at radius 3 is 2.07 bits per heavy atom. The van der Waals surface area contributed by atoms with Crippen LogP contribution >= 0.6 is 0 Å². The van der Waals surface area contributed by atoms with Crippen LogP contribution in [-0.2, 0) is 11.0 Å². The van der Waals surface area contributed by atoms with Gasteiger partial charge in [-0.1, -0.05) is 0 Å². The van der Waals surface area contributed by atoms with Gasteiger partial charge >= 0.3 is 18.2 Å². The lowest BCUT2D eigenvalue weighted by Crippen LogP contribution is -2.40. The standard InChI is InChI=1S/C20H21F3N2O4/c1-13(2)24-19(27)25(3)15-6-10-17(11-7-15)29-18(26)12-28-16-8-4-14(5-9-16)20(21,22)23/h4-11,13H,12H2,1-3H3,(H,24,27). The zero-order chi connectivity index (χ0) is 21.6. The zero-order valence-electron chi connectivity index (χ0n) is 16.1. The molecule has 1 N–H and O–H groups in total. The van der Waals surface area contributed by atoms with E-state index in [0.29, 0.717) is 5.69 Å². The highest BCUT2D eigenvalue weighted by Crippen LogP contribution is 2.30. The monoisotopic (exact) mass is 410 g/mol. The molecule has 29 heavy (non-hydrogen) atoms. The number of alkyl halides is 3. The molecule has 0 spiro atoms. The normalized spacial score (nSPS) is 11.1. The van der Waals surface area contributed by atoms with Crippen LogP contribution in [0, 0.1) is 0 Å². The van der Waals surface area contributed by atoms with E-state index in [4.69, 9.17) is 9.47 Å². The molecule has 0 radical (unpaired) electrons. The van der Waals surface area contributed by atoms with E-state index in [1.807, 2.05) is 13.8 Å². The van der Waals surface area contributed by atoms with E-state index in [-0.39, 0.29) is 23.6 Å². The molecule has 2 amide bonds. The maximum Gasteiger partial charge on any atom is 0.416 e. The van der Waals surface area contributed by atoms with Gasteiger partial charge in [-0.25, -0.2) is 9.59 Å². The fraction of sp³-hybridized carbons (Fsp3) is 0.300. The second-order valence-electron chi connectivity index (χ2n) is 6.44. The van der Waals surface area contributed by atoms with Crippen LogP contribution in [0.3, 0.4) is 0 Å². The minimum Gasteiger partial charge on any atom is -0.482 e. The van der Waals surface area contributed by atoms with E-state index in [1.54, 1.807) is 19.2 Å². The Hall–Kier alpha value is -3.23. The summed E-state index contributed by atoms with van der Waals surface area (Å²) in [5.74, 6) is -0.362. The molecule has 9 heteroatoms. The summed E-state index contributed by atoms with van der Waals surface area (Å²) in [5, 5.41) is 2.75. The molecule has 0 bridgehead atoms. The molecule has 0 fully saturated rings. The summed E-state index contributed by atoms with van der Waals surface area (Å²) in [6.07, 6.45) is -4.44. The number of nitrogens with zero attached hydrogens (tertiary/aromatic N) is 1. The van der Waals surface area contributed by atoms with Gasteiger partial charge in [0.15, 0.2) is 6.61 Å². The first-order chi connectivity index (χ1) is 13.6. The number of nitrogens with one attached hydrogen (secondary N) is 1. The Morgan fingerprint density at radius 2 is 1.55 bits per heavy atom. The summed E-state index contributed by atoms with van der Waals surface area (Å²) in [5.41, 5.74) is -0.205. The number of urea groups is 1. The molecule has 0 saturated heterocycles. The van der Waals surface area contributed by atoms with Crippen LogP contribution in [-0.4, -0.2) is 31.7 Å². The van der Waals surface area contributed by atoms with Gasteiger partial charge < -0.3 is 14.8 Å². The van der Waals surface area contributed by atoms with Gasteiger partial charge in [-0.3, -0.25) is 4.90 Å². The first-order valence-electron chi connectivity index (χ1n) is 8.71. The van der Waals surface area contributed by atoms with Crippen molar-refractivity contribution >= 4 is 17.7 Å². The molecule has 0 aliphatic heterocycles. The number of rotatable bonds is 6. The first kappa shape index (κ1) is 22.1. The number of halogens is 3. The molecule has 0 unspecified atom stereocenters. The third-order valence-electron chi connectivity index (χ3n) is 3.71. The number of amides is 2. The van der Waals surface area contributed by atoms with Crippen molar-refractivity contribution in [2.24, 2.45) is 0 Å². The van der Waals surface area contributed by atoms with Crippen LogP contribution < -0.4 is 19.7 Å². The molecule has 0 aromatic heterocycles. The Balaban J connectivity index is 1.87. The van der Waals surface area contributed by atoms with Gasteiger partial charge in [0.1, 0.15) is 11.5 Å². The van der Waals surface area contributed by atoms with Gasteiger partial charge in [0, 0.05) is 18.8 Å². The molecule has 0 saturated carbocycles. The van der Waals surface area contributed by atoms with Gasteiger partial charge in [0.25, 0.3) is 0 Å². The van der Waals surface area contributed by atoms with Crippen LogP contribution in [0.1, 0.15) is 19.4 Å². The molecule has 2 aromatic rings. The minimum atomic E-state index is -4.44. The second kappa shape index (κ2) is 9.31. The lowest BCUT2D eigenvalue weighted by atomic mass is 10.2. The van der Waals surface area contributed by atoms with Crippen molar-refractivity contribution in [1.29, 1.82) is 0 Å². The lowest BCUT2D eigenvalue weighted by molar-refractivity contribution is -0.138. The molecule has 0 heterocycles. The van der Waals surface area contributed by atoms with E-state index in [9.17, 15) is 22.8 Å². The van der Waals surface area contributed by atoms with Crippen molar-refractivity contribution < 1.29 is 32.2 Å². The maximum atomic E-state index is 12.5. The average molecular weight is 410 g/mol. The van der Waals surface area contributed by atoms with Crippen molar-refractivity contribution in [3.63, 3.8) is 0 Å². The number of carbonyl (C=O) groups is 2. The Bertz CT molecular complexity index is 834. The summed E-state index contributed by atoms with van der Waals surface area (Å²) < 4.78 is 47.8. The van der Waals surface area contributed by atoms with Crippen molar-refractivity contribution in [3.8, 4) is 11.5 Å². The molecule has 0 aliphatic carbocycles. The summed E-state index contributed by atoms with van der Waals surface area (Å²) in [6.45, 7) is 3.23. The summed E-state index contributed by atoms with van der Waals surface area (Å²) in [4.78, 5) is 25.2. The number of hydrogen-bond acceptors (Lipinski definition) is 4. The van der Waals surface area contributed by atoms with Crippen LogP contribution in [0.4, 0.5) is 23.7 Å². The summed E-state index contributed by atoms with van der Waals surface area (Å²) >= 11 is 0. The number of esters is 1. The SMILES string of the molecule is CC(C)NC(=O)N(C)c1ccc(OC(=O)COc2ccc(C(F)(F)F)cc2)cc1. The van der Waals surface area contributed by atoms with Crippen LogP contribution in [0.15, 0.2) is 48.5 Å². The highest BCUT2D eigenvalue weighted by molar-refractivity contribution is 5.91. The average Bonchev–Trinajstić information content (AvgIpc) is 2.65. The number of carbonyl (C=O) groups excluding carboxylic acids is 2. The van der Waals surface area contributed by atoms with Gasteiger partial charge in [0.05, 0.1) is 5.56 Å². The van der Waals surface area contributed by atoms with Crippen molar-refractivity contribution in [2.45, 2.75) is 26.1 Å². The molecule has 2 aromatic carbocycles. The van der Waals surface area contributed by atoms with E-state index >= 15 is 0 Å². The smallest absolute Gasteiger partial charge is 0.416 e. The largest absolute Gasteiger partial charge is 0.482 e. The fourth-order valence-corrected chi connectivity index (χ4v) is 2.24. The van der Waals surface area contributed by atoms with Crippen LogP contribution in [0.2, 0.25) is 0 Å². The molecule has 156 valence electrons. The molecular formula is C20H21F3N2O4. The second-order valence-corrected chi connectivity index (χ2v) is 6.44. The topological polar surface area (TPSA) is 67.9 Å². The molecular weight excluding hydrogens is 389 g/mol. The van der Waals surface area contributed by atoms with Gasteiger partial charge in [0.2, 0.25) is 0 Å². The summed E-state index contributed by atoms with van der Waals surface area (Å²) in [6, 6.07) is 9.97.